The van der Waals surface area contributed by atoms with Crippen LogP contribution in [-0.2, 0) is 11.2 Å². The summed E-state index contributed by atoms with van der Waals surface area (Å²) in [5.41, 5.74) is 2.43. The molecular formula is C17H19ClN4O2. The van der Waals surface area contributed by atoms with Crippen molar-refractivity contribution in [2.75, 3.05) is 31.1 Å². The summed E-state index contributed by atoms with van der Waals surface area (Å²) in [6, 6.07) is 8.02. The van der Waals surface area contributed by atoms with Crippen molar-refractivity contribution >= 4 is 23.2 Å². The molecule has 0 saturated carbocycles. The Bertz CT molecular complexity index is 780. The first kappa shape index (κ1) is 16.5. The van der Waals surface area contributed by atoms with Gasteiger partial charge >= 0.3 is 0 Å². The summed E-state index contributed by atoms with van der Waals surface area (Å²) in [7, 11) is 0. The average Bonchev–Trinajstić information content (AvgIpc) is 2.59. The second-order valence-corrected chi connectivity index (χ2v) is 6.31. The van der Waals surface area contributed by atoms with E-state index in [4.69, 9.17) is 11.6 Å². The Hall–Kier alpha value is -2.34. The third-order valence-corrected chi connectivity index (χ3v) is 4.59. The second kappa shape index (κ2) is 7.05. The van der Waals surface area contributed by atoms with Crippen LogP contribution in [0.1, 0.15) is 11.1 Å². The molecule has 1 fully saturated rings. The molecule has 1 saturated heterocycles. The highest BCUT2D eigenvalue weighted by Crippen LogP contribution is 2.21. The van der Waals surface area contributed by atoms with Crippen LogP contribution >= 0.6 is 11.6 Å². The van der Waals surface area contributed by atoms with Crippen molar-refractivity contribution in [2.45, 2.75) is 13.3 Å². The number of rotatable bonds is 3. The van der Waals surface area contributed by atoms with Gasteiger partial charge in [0.2, 0.25) is 5.91 Å². The number of piperazine rings is 1. The maximum absolute atomic E-state index is 12.4. The number of halogens is 1. The zero-order valence-electron chi connectivity index (χ0n) is 13.5. The van der Waals surface area contributed by atoms with E-state index in [-0.39, 0.29) is 10.9 Å². The number of nitrogens with one attached hydrogen (secondary N) is 1. The number of carbonyl (C=O) groups excluding carboxylic acids is 1. The summed E-state index contributed by atoms with van der Waals surface area (Å²) in [6.45, 7) is 4.50. The van der Waals surface area contributed by atoms with Gasteiger partial charge in [-0.15, -0.1) is 0 Å². The van der Waals surface area contributed by atoms with Crippen molar-refractivity contribution in [3.05, 3.63) is 57.0 Å². The van der Waals surface area contributed by atoms with Crippen LogP contribution in [0.3, 0.4) is 0 Å². The molecular weight excluding hydrogens is 328 g/mol. The standard InChI is InChI=1S/C17H19ClN4O2/c1-12-2-4-13(5-3-12)10-15(23)22-8-6-21(7-9-22)14-11-19-20-17(24)16(14)18/h2-5,11H,6-10H2,1H3,(H,20,24). The van der Waals surface area contributed by atoms with E-state index in [2.05, 4.69) is 10.2 Å². The monoisotopic (exact) mass is 346 g/mol. The van der Waals surface area contributed by atoms with Gasteiger partial charge in [0.1, 0.15) is 5.02 Å². The van der Waals surface area contributed by atoms with Crippen LogP contribution in [0.15, 0.2) is 35.3 Å². The predicted molar refractivity (Wildman–Crippen MR) is 93.5 cm³/mol. The van der Waals surface area contributed by atoms with Crippen LogP contribution in [0.4, 0.5) is 5.69 Å². The highest BCUT2D eigenvalue weighted by Gasteiger charge is 2.23. The van der Waals surface area contributed by atoms with Gasteiger partial charge in [-0.05, 0) is 12.5 Å². The minimum absolute atomic E-state index is 0.119. The van der Waals surface area contributed by atoms with Crippen LogP contribution in [0.25, 0.3) is 0 Å². The molecule has 1 aromatic heterocycles. The van der Waals surface area contributed by atoms with Gasteiger partial charge in [-0.1, -0.05) is 41.4 Å². The highest BCUT2D eigenvalue weighted by molar-refractivity contribution is 6.33. The van der Waals surface area contributed by atoms with Crippen molar-refractivity contribution < 1.29 is 4.79 Å². The first-order valence-corrected chi connectivity index (χ1v) is 8.24. The fourth-order valence-corrected chi connectivity index (χ4v) is 2.99. The largest absolute Gasteiger partial charge is 0.365 e. The minimum atomic E-state index is -0.396. The number of hydrogen-bond acceptors (Lipinski definition) is 4. The van der Waals surface area contributed by atoms with E-state index < -0.39 is 5.56 Å². The number of aromatic amines is 1. The van der Waals surface area contributed by atoms with Crippen LogP contribution in [0.5, 0.6) is 0 Å². The lowest BCUT2D eigenvalue weighted by Gasteiger charge is -2.36. The number of amides is 1. The fraction of sp³-hybridized carbons (Fsp3) is 0.353. The Labute approximate surface area is 145 Å². The van der Waals surface area contributed by atoms with Gasteiger partial charge in [-0.2, -0.15) is 5.10 Å². The second-order valence-electron chi connectivity index (χ2n) is 5.93. The van der Waals surface area contributed by atoms with Crippen LogP contribution in [0, 0.1) is 6.92 Å². The quantitative estimate of drug-likeness (QED) is 0.917. The molecule has 0 radical (unpaired) electrons. The van der Waals surface area contributed by atoms with Gasteiger partial charge in [0.05, 0.1) is 18.3 Å². The van der Waals surface area contributed by atoms with E-state index in [1.165, 1.54) is 5.56 Å². The van der Waals surface area contributed by atoms with Gasteiger partial charge in [0.25, 0.3) is 5.56 Å². The predicted octanol–water partition coefficient (Wildman–Crippen LogP) is 1.62. The molecule has 3 rings (SSSR count). The van der Waals surface area contributed by atoms with Gasteiger partial charge < -0.3 is 9.80 Å². The molecule has 2 aromatic rings. The molecule has 1 aliphatic heterocycles. The van der Waals surface area contributed by atoms with Crippen molar-refractivity contribution in [1.29, 1.82) is 0 Å². The molecule has 1 amide bonds. The topological polar surface area (TPSA) is 69.3 Å². The van der Waals surface area contributed by atoms with E-state index in [1.54, 1.807) is 6.20 Å². The van der Waals surface area contributed by atoms with Crippen molar-refractivity contribution in [3.8, 4) is 0 Å². The maximum Gasteiger partial charge on any atom is 0.285 e. The van der Waals surface area contributed by atoms with E-state index in [1.807, 2.05) is 41.0 Å². The Balaban J connectivity index is 1.60. The molecule has 24 heavy (non-hydrogen) atoms. The molecule has 1 aliphatic rings. The van der Waals surface area contributed by atoms with E-state index >= 15 is 0 Å². The summed E-state index contributed by atoms with van der Waals surface area (Å²) in [4.78, 5) is 27.8. The molecule has 0 unspecified atom stereocenters. The van der Waals surface area contributed by atoms with Gasteiger partial charge in [0, 0.05) is 26.2 Å². The Morgan fingerprint density at radius 1 is 1.21 bits per heavy atom. The average molecular weight is 347 g/mol. The highest BCUT2D eigenvalue weighted by atomic mass is 35.5. The maximum atomic E-state index is 12.4. The molecule has 0 spiro atoms. The SMILES string of the molecule is Cc1ccc(CC(=O)N2CCN(c3cn[nH]c(=O)c3Cl)CC2)cc1. The number of hydrogen-bond donors (Lipinski definition) is 1. The Kier molecular flexibility index (Phi) is 4.85. The first-order valence-electron chi connectivity index (χ1n) is 7.86. The Morgan fingerprint density at radius 3 is 2.54 bits per heavy atom. The number of nitrogens with zero attached hydrogens (tertiary/aromatic N) is 3. The minimum Gasteiger partial charge on any atom is -0.365 e. The number of carbonyl (C=O) groups is 1. The molecule has 0 atom stereocenters. The lowest BCUT2D eigenvalue weighted by Crippen LogP contribution is -2.49. The summed E-state index contributed by atoms with van der Waals surface area (Å²) in [5, 5.41) is 6.24. The molecule has 0 aliphatic carbocycles. The number of anilines is 1. The van der Waals surface area contributed by atoms with Crippen LogP contribution in [0.2, 0.25) is 5.02 Å². The van der Waals surface area contributed by atoms with E-state index in [0.29, 0.717) is 38.3 Å². The summed E-state index contributed by atoms with van der Waals surface area (Å²) in [5.74, 6) is 0.119. The summed E-state index contributed by atoms with van der Waals surface area (Å²) >= 11 is 6.04. The molecule has 7 heteroatoms. The van der Waals surface area contributed by atoms with E-state index in [0.717, 1.165) is 5.56 Å². The molecule has 0 bridgehead atoms. The molecule has 2 heterocycles. The summed E-state index contributed by atoms with van der Waals surface area (Å²) in [6.07, 6.45) is 1.96. The molecule has 1 N–H and O–H groups in total. The normalized spacial score (nSPS) is 14.8. The van der Waals surface area contributed by atoms with Gasteiger partial charge in [0.15, 0.2) is 0 Å². The van der Waals surface area contributed by atoms with Crippen LogP contribution < -0.4 is 10.5 Å². The van der Waals surface area contributed by atoms with Gasteiger partial charge in [-0.25, -0.2) is 5.10 Å². The zero-order chi connectivity index (χ0) is 17.1. The summed E-state index contributed by atoms with van der Waals surface area (Å²) < 4.78 is 0. The Morgan fingerprint density at radius 2 is 1.88 bits per heavy atom. The third-order valence-electron chi connectivity index (χ3n) is 4.23. The number of aromatic nitrogens is 2. The fourth-order valence-electron chi connectivity index (χ4n) is 2.78. The van der Waals surface area contributed by atoms with Gasteiger partial charge in [-0.3, -0.25) is 9.59 Å². The van der Waals surface area contributed by atoms with Crippen molar-refractivity contribution in [1.82, 2.24) is 15.1 Å². The number of H-pyrrole nitrogens is 1. The number of benzene rings is 1. The zero-order valence-corrected chi connectivity index (χ0v) is 14.2. The smallest absolute Gasteiger partial charge is 0.285 e. The number of aryl methyl sites for hydroxylation is 1. The van der Waals surface area contributed by atoms with E-state index in [9.17, 15) is 9.59 Å². The van der Waals surface area contributed by atoms with Crippen molar-refractivity contribution in [2.24, 2.45) is 0 Å². The van der Waals surface area contributed by atoms with Crippen molar-refractivity contribution in [3.63, 3.8) is 0 Å². The first-order chi connectivity index (χ1) is 11.5. The third kappa shape index (κ3) is 3.59. The lowest BCUT2D eigenvalue weighted by molar-refractivity contribution is -0.130. The van der Waals surface area contributed by atoms with Crippen LogP contribution in [-0.4, -0.2) is 47.2 Å². The molecule has 6 nitrogen and oxygen atoms in total. The lowest BCUT2D eigenvalue weighted by atomic mass is 10.1. The molecule has 126 valence electrons. The molecule has 1 aromatic carbocycles.